The van der Waals surface area contributed by atoms with Crippen molar-refractivity contribution in [3.05, 3.63) is 115 Å². The molecular formula is C24H19PTe. The molecule has 26 heavy (non-hydrogen) atoms. The Kier molecular flexibility index (Phi) is 5.83. The second-order valence-corrected chi connectivity index (χ2v) is 11.3. The van der Waals surface area contributed by atoms with Crippen molar-refractivity contribution in [2.75, 3.05) is 0 Å². The van der Waals surface area contributed by atoms with Crippen molar-refractivity contribution in [2.45, 2.75) is 0 Å². The van der Waals surface area contributed by atoms with Gasteiger partial charge in [-0.15, -0.1) is 0 Å². The molecule has 0 bridgehead atoms. The average molecular weight is 466 g/mol. The second-order valence-electron chi connectivity index (χ2n) is 5.89. The quantitative estimate of drug-likeness (QED) is 0.314. The van der Waals surface area contributed by atoms with E-state index in [0.717, 1.165) is 0 Å². The molecule has 0 atom stereocenters. The summed E-state index contributed by atoms with van der Waals surface area (Å²) in [5.74, 6) is 0. The third kappa shape index (κ3) is 4.08. The van der Waals surface area contributed by atoms with Gasteiger partial charge in [-0.05, 0) is 0 Å². The molecule has 4 rings (SSSR count). The van der Waals surface area contributed by atoms with E-state index in [1.807, 2.05) is 0 Å². The molecule has 0 aliphatic carbocycles. The third-order valence-corrected chi connectivity index (χ3v) is 10.2. The van der Waals surface area contributed by atoms with Gasteiger partial charge in [0.2, 0.25) is 0 Å². The molecule has 0 nitrogen and oxygen atoms in total. The number of benzene rings is 4. The van der Waals surface area contributed by atoms with Gasteiger partial charge in [0.25, 0.3) is 0 Å². The molecule has 0 aromatic heterocycles. The zero-order valence-corrected chi connectivity index (χ0v) is 17.5. The maximum absolute atomic E-state index is 2.34. The Morgan fingerprint density at radius 3 is 1.50 bits per heavy atom. The van der Waals surface area contributed by atoms with Crippen LogP contribution in [0.2, 0.25) is 0 Å². The molecule has 0 aliphatic rings. The molecule has 126 valence electrons. The molecular weight excluding hydrogens is 447 g/mol. The monoisotopic (exact) mass is 468 g/mol. The van der Waals surface area contributed by atoms with E-state index in [-0.39, 0.29) is 0 Å². The van der Waals surface area contributed by atoms with Gasteiger partial charge in [-0.1, -0.05) is 0 Å². The van der Waals surface area contributed by atoms with Crippen molar-refractivity contribution < 1.29 is 0 Å². The van der Waals surface area contributed by atoms with Gasteiger partial charge in [-0.2, -0.15) is 0 Å². The summed E-state index contributed by atoms with van der Waals surface area (Å²) in [6.07, 6.45) is 0. The van der Waals surface area contributed by atoms with Crippen LogP contribution in [0.5, 0.6) is 0 Å². The summed E-state index contributed by atoms with van der Waals surface area (Å²) in [5.41, 5.74) is 0. The summed E-state index contributed by atoms with van der Waals surface area (Å²) >= 11 is -0.406. The number of hydrogen-bond donors (Lipinski definition) is 0. The molecule has 0 spiro atoms. The topological polar surface area (TPSA) is 0 Å². The van der Waals surface area contributed by atoms with Crippen molar-refractivity contribution in [3.8, 4) is 0 Å². The third-order valence-electron chi connectivity index (χ3n) is 4.11. The Morgan fingerprint density at radius 2 is 0.923 bits per heavy atom. The first-order chi connectivity index (χ1) is 12.9. The van der Waals surface area contributed by atoms with Crippen molar-refractivity contribution in [3.63, 3.8) is 0 Å². The molecule has 0 aliphatic heterocycles. The fourth-order valence-electron chi connectivity index (χ4n) is 2.93. The fourth-order valence-corrected chi connectivity index (χ4v) is 8.81. The van der Waals surface area contributed by atoms with Gasteiger partial charge in [0.15, 0.2) is 0 Å². The van der Waals surface area contributed by atoms with Crippen LogP contribution in [0.3, 0.4) is 0 Å². The molecule has 0 saturated heterocycles. The van der Waals surface area contributed by atoms with Crippen LogP contribution >= 0.6 is 7.92 Å². The van der Waals surface area contributed by atoms with Gasteiger partial charge in [-0.3, -0.25) is 0 Å². The van der Waals surface area contributed by atoms with E-state index < -0.39 is 28.8 Å². The van der Waals surface area contributed by atoms with E-state index in [2.05, 4.69) is 115 Å². The van der Waals surface area contributed by atoms with E-state index in [1.165, 1.54) is 19.5 Å². The van der Waals surface area contributed by atoms with Crippen LogP contribution in [0.1, 0.15) is 0 Å². The van der Waals surface area contributed by atoms with E-state index >= 15 is 0 Å². The summed E-state index contributed by atoms with van der Waals surface area (Å²) < 4.78 is 3.03. The Morgan fingerprint density at radius 1 is 0.462 bits per heavy atom. The van der Waals surface area contributed by atoms with Crippen LogP contribution in [0.15, 0.2) is 115 Å². The van der Waals surface area contributed by atoms with E-state index in [0.29, 0.717) is 0 Å². The second kappa shape index (κ2) is 8.66. The van der Waals surface area contributed by atoms with Crippen molar-refractivity contribution >= 4 is 52.0 Å². The van der Waals surface area contributed by atoms with E-state index in [9.17, 15) is 0 Å². The summed E-state index contributed by atoms with van der Waals surface area (Å²) in [5, 5.41) is 4.34. The minimum atomic E-state index is -0.530. The standard InChI is InChI=1S/C24H19PTe/c1-4-12-20(13-5-1)25(21-14-6-2-7-15-21)23-18-10-11-19-24(23)26-22-16-8-3-9-17-22/h1-19H. The summed E-state index contributed by atoms with van der Waals surface area (Å²) in [6.45, 7) is 0. The van der Waals surface area contributed by atoms with Crippen molar-refractivity contribution in [1.82, 2.24) is 0 Å². The molecule has 2 heteroatoms. The average Bonchev–Trinajstić information content (AvgIpc) is 2.72. The van der Waals surface area contributed by atoms with E-state index in [1.54, 1.807) is 3.61 Å². The molecule has 4 aromatic rings. The van der Waals surface area contributed by atoms with Crippen LogP contribution in [0, 0.1) is 0 Å². The van der Waals surface area contributed by atoms with Crippen molar-refractivity contribution in [1.29, 1.82) is 0 Å². The Balaban J connectivity index is 1.82. The number of hydrogen-bond acceptors (Lipinski definition) is 0. The van der Waals surface area contributed by atoms with Gasteiger partial charge in [-0.25, -0.2) is 0 Å². The number of rotatable bonds is 5. The molecule has 4 aromatic carbocycles. The SMILES string of the molecule is c1ccc([Te]c2ccccc2P(c2ccccc2)c2ccccc2)cc1. The van der Waals surface area contributed by atoms with E-state index in [4.69, 9.17) is 0 Å². The fraction of sp³-hybridized carbons (Fsp3) is 0. The molecule has 0 heterocycles. The van der Waals surface area contributed by atoms with Crippen LogP contribution in [0.4, 0.5) is 0 Å². The van der Waals surface area contributed by atoms with Crippen LogP contribution in [-0.4, -0.2) is 20.9 Å². The normalized spacial score (nSPS) is 10.8. The zero-order valence-electron chi connectivity index (χ0n) is 14.3. The summed E-state index contributed by atoms with van der Waals surface area (Å²) in [7, 11) is -0.530. The first-order valence-electron chi connectivity index (χ1n) is 8.64. The first-order valence-corrected chi connectivity index (χ1v) is 12.3. The Labute approximate surface area is 166 Å². The van der Waals surface area contributed by atoms with Crippen LogP contribution < -0.4 is 23.1 Å². The summed E-state index contributed by atoms with van der Waals surface area (Å²) in [6, 6.07) is 41.9. The zero-order chi connectivity index (χ0) is 17.6. The van der Waals surface area contributed by atoms with Crippen LogP contribution in [-0.2, 0) is 0 Å². The Bertz CT molecular complexity index is 913. The van der Waals surface area contributed by atoms with Gasteiger partial charge < -0.3 is 0 Å². The van der Waals surface area contributed by atoms with Gasteiger partial charge in [0.05, 0.1) is 0 Å². The summed E-state index contributed by atoms with van der Waals surface area (Å²) in [4.78, 5) is 0. The molecule has 0 radical (unpaired) electrons. The van der Waals surface area contributed by atoms with Gasteiger partial charge >= 0.3 is 167 Å². The molecule has 0 fully saturated rings. The molecule has 0 saturated carbocycles. The minimum absolute atomic E-state index is 0.406. The molecule has 0 N–H and O–H groups in total. The van der Waals surface area contributed by atoms with Crippen molar-refractivity contribution in [2.24, 2.45) is 0 Å². The molecule has 0 amide bonds. The Hall–Kier alpha value is -1.90. The van der Waals surface area contributed by atoms with Crippen LogP contribution in [0.25, 0.3) is 0 Å². The van der Waals surface area contributed by atoms with Gasteiger partial charge in [0, 0.05) is 0 Å². The maximum atomic E-state index is 2.34. The molecule has 0 unspecified atom stereocenters. The van der Waals surface area contributed by atoms with Gasteiger partial charge in [0.1, 0.15) is 0 Å². The predicted octanol–water partition coefficient (Wildman–Crippen LogP) is 3.10. The first kappa shape index (κ1) is 17.5. The predicted molar refractivity (Wildman–Crippen MR) is 117 cm³/mol.